The first-order valence-corrected chi connectivity index (χ1v) is 8.34. The second-order valence-electron chi connectivity index (χ2n) is 5.10. The van der Waals surface area contributed by atoms with Gasteiger partial charge in [0.2, 0.25) is 0 Å². The highest BCUT2D eigenvalue weighted by molar-refractivity contribution is 7.91. The zero-order valence-electron chi connectivity index (χ0n) is 11.0. The van der Waals surface area contributed by atoms with E-state index in [-0.39, 0.29) is 11.5 Å². The average Bonchev–Trinajstić information content (AvgIpc) is 2.81. The maximum atomic E-state index is 11.6. The van der Waals surface area contributed by atoms with Crippen LogP contribution in [-0.4, -0.2) is 29.7 Å². The normalized spacial score (nSPS) is 25.4. The number of hydrogen-bond acceptors (Lipinski definition) is 4. The molecule has 0 aliphatic carbocycles. The van der Waals surface area contributed by atoms with Crippen molar-refractivity contribution in [1.29, 1.82) is 5.26 Å². The molecule has 1 aliphatic heterocycles. The third-order valence-electron chi connectivity index (χ3n) is 3.63. The van der Waals surface area contributed by atoms with Gasteiger partial charge < -0.3 is 0 Å². The highest BCUT2D eigenvalue weighted by atomic mass is 35.5. The minimum Gasteiger partial charge on any atom is -0.271 e. The van der Waals surface area contributed by atoms with Crippen molar-refractivity contribution >= 4 is 21.4 Å². The third kappa shape index (κ3) is 2.63. The van der Waals surface area contributed by atoms with Crippen molar-refractivity contribution in [2.24, 2.45) is 12.5 Å². The summed E-state index contributed by atoms with van der Waals surface area (Å²) < 4.78 is 24.9. The molecule has 1 aliphatic rings. The summed E-state index contributed by atoms with van der Waals surface area (Å²) in [7, 11) is -1.33. The minimum atomic E-state index is -3.11. The fourth-order valence-electron chi connectivity index (χ4n) is 2.52. The van der Waals surface area contributed by atoms with E-state index in [1.807, 2.05) is 6.92 Å². The summed E-state index contributed by atoms with van der Waals surface area (Å²) in [5, 5.41) is 14.2. The molecule has 1 unspecified atom stereocenters. The number of nitrogens with zero attached hydrogens (tertiary/aromatic N) is 3. The van der Waals surface area contributed by atoms with Crippen molar-refractivity contribution in [3.63, 3.8) is 0 Å². The number of nitriles is 1. The van der Waals surface area contributed by atoms with Crippen LogP contribution in [0.1, 0.15) is 24.7 Å². The number of aryl methyl sites for hydroxylation is 2. The maximum absolute atomic E-state index is 11.6. The van der Waals surface area contributed by atoms with Gasteiger partial charge in [0.1, 0.15) is 0 Å². The molecule has 104 valence electrons. The third-order valence-corrected chi connectivity index (χ3v) is 5.89. The van der Waals surface area contributed by atoms with E-state index in [9.17, 15) is 13.7 Å². The standard InChI is InChI=1S/C12H16ClN3O2S/c1-3-9-11(13)10(16(2)15-9)6-12(7-14)4-5-19(17,18)8-12/h3-6,8H2,1-2H3. The summed E-state index contributed by atoms with van der Waals surface area (Å²) in [5.41, 5.74) is 0.673. The second kappa shape index (κ2) is 4.80. The fourth-order valence-corrected chi connectivity index (χ4v) is 4.88. The van der Waals surface area contributed by atoms with Gasteiger partial charge in [-0.3, -0.25) is 4.68 Å². The van der Waals surface area contributed by atoms with E-state index >= 15 is 0 Å². The van der Waals surface area contributed by atoms with E-state index in [1.165, 1.54) is 0 Å². The smallest absolute Gasteiger partial charge is 0.151 e. The van der Waals surface area contributed by atoms with E-state index in [4.69, 9.17) is 11.6 Å². The summed E-state index contributed by atoms with van der Waals surface area (Å²) in [4.78, 5) is 0. The molecule has 0 N–H and O–H groups in total. The number of sulfone groups is 1. The number of hydrogen-bond donors (Lipinski definition) is 0. The van der Waals surface area contributed by atoms with Gasteiger partial charge in [-0.05, 0) is 12.8 Å². The Kier molecular flexibility index (Phi) is 3.63. The van der Waals surface area contributed by atoms with Gasteiger partial charge in [0.15, 0.2) is 9.84 Å². The molecule has 1 atom stereocenters. The Hall–Kier alpha value is -1.06. The Morgan fingerprint density at radius 2 is 2.26 bits per heavy atom. The molecular formula is C12H16ClN3O2S. The van der Waals surface area contributed by atoms with Gasteiger partial charge in [-0.25, -0.2) is 8.42 Å². The fraction of sp³-hybridized carbons (Fsp3) is 0.667. The lowest BCUT2D eigenvalue weighted by atomic mass is 9.84. The summed E-state index contributed by atoms with van der Waals surface area (Å²) in [6.45, 7) is 1.96. The van der Waals surface area contributed by atoms with Crippen LogP contribution >= 0.6 is 11.6 Å². The van der Waals surface area contributed by atoms with Crippen LogP contribution in [0.4, 0.5) is 0 Å². The molecule has 0 aromatic carbocycles. The first-order chi connectivity index (χ1) is 8.82. The zero-order chi connectivity index (χ0) is 14.3. The molecule has 2 heterocycles. The first-order valence-electron chi connectivity index (χ1n) is 6.14. The highest BCUT2D eigenvalue weighted by Gasteiger charge is 2.43. The van der Waals surface area contributed by atoms with Crippen molar-refractivity contribution in [3.8, 4) is 6.07 Å². The summed E-state index contributed by atoms with van der Waals surface area (Å²) >= 11 is 6.26. The molecule has 0 radical (unpaired) electrons. The molecule has 0 spiro atoms. The van der Waals surface area contributed by atoms with E-state index in [2.05, 4.69) is 11.2 Å². The Morgan fingerprint density at radius 1 is 1.58 bits per heavy atom. The topological polar surface area (TPSA) is 75.8 Å². The zero-order valence-corrected chi connectivity index (χ0v) is 12.6. The van der Waals surface area contributed by atoms with Crippen LogP contribution in [-0.2, 0) is 29.7 Å². The molecular weight excluding hydrogens is 286 g/mol. The SMILES string of the molecule is CCc1nn(C)c(CC2(C#N)CCS(=O)(=O)C2)c1Cl. The van der Waals surface area contributed by atoms with Crippen molar-refractivity contribution in [2.75, 3.05) is 11.5 Å². The van der Waals surface area contributed by atoms with Crippen LogP contribution in [0.5, 0.6) is 0 Å². The van der Waals surface area contributed by atoms with E-state index in [1.54, 1.807) is 11.7 Å². The Morgan fingerprint density at radius 3 is 2.68 bits per heavy atom. The predicted molar refractivity (Wildman–Crippen MR) is 72.6 cm³/mol. The van der Waals surface area contributed by atoms with E-state index < -0.39 is 15.3 Å². The van der Waals surface area contributed by atoms with Crippen molar-refractivity contribution in [2.45, 2.75) is 26.2 Å². The molecule has 5 nitrogen and oxygen atoms in total. The van der Waals surface area contributed by atoms with Crippen LogP contribution < -0.4 is 0 Å². The summed E-state index contributed by atoms with van der Waals surface area (Å²) in [6.07, 6.45) is 1.42. The van der Waals surface area contributed by atoms with Gasteiger partial charge in [0.05, 0.1) is 39.4 Å². The molecule has 19 heavy (non-hydrogen) atoms. The number of halogens is 1. The molecule has 0 saturated carbocycles. The van der Waals surface area contributed by atoms with Gasteiger partial charge in [-0.15, -0.1) is 0 Å². The minimum absolute atomic E-state index is 0.0800. The molecule has 0 bridgehead atoms. The van der Waals surface area contributed by atoms with Crippen molar-refractivity contribution in [3.05, 3.63) is 16.4 Å². The summed E-state index contributed by atoms with van der Waals surface area (Å²) in [6, 6.07) is 2.18. The van der Waals surface area contributed by atoms with Gasteiger partial charge in [0.25, 0.3) is 0 Å². The quantitative estimate of drug-likeness (QED) is 0.848. The Balaban J connectivity index is 2.36. The largest absolute Gasteiger partial charge is 0.271 e. The second-order valence-corrected chi connectivity index (χ2v) is 7.66. The lowest BCUT2D eigenvalue weighted by Gasteiger charge is -2.18. The van der Waals surface area contributed by atoms with Gasteiger partial charge >= 0.3 is 0 Å². The van der Waals surface area contributed by atoms with Crippen molar-refractivity contribution in [1.82, 2.24) is 9.78 Å². The molecule has 1 aromatic rings. The van der Waals surface area contributed by atoms with Crippen LogP contribution in [0.25, 0.3) is 0 Å². The Labute approximate surface area is 118 Å². The molecule has 1 fully saturated rings. The predicted octanol–water partition coefficient (Wildman–Crippen LogP) is 1.51. The monoisotopic (exact) mass is 301 g/mol. The van der Waals surface area contributed by atoms with Crippen LogP contribution in [0.2, 0.25) is 5.02 Å². The molecule has 2 rings (SSSR count). The lowest BCUT2D eigenvalue weighted by Crippen LogP contribution is -2.24. The Bertz CT molecular complexity index is 645. The average molecular weight is 302 g/mol. The van der Waals surface area contributed by atoms with Crippen LogP contribution in [0, 0.1) is 16.7 Å². The summed E-state index contributed by atoms with van der Waals surface area (Å²) in [5.74, 6) is -0.00384. The highest BCUT2D eigenvalue weighted by Crippen LogP contribution is 2.37. The molecule has 0 amide bonds. The van der Waals surface area contributed by atoms with E-state index in [0.717, 1.165) is 11.4 Å². The first kappa shape index (κ1) is 14.4. The number of rotatable bonds is 3. The lowest BCUT2D eigenvalue weighted by molar-refractivity contribution is 0.435. The van der Waals surface area contributed by atoms with Gasteiger partial charge in [0, 0.05) is 13.5 Å². The van der Waals surface area contributed by atoms with Crippen LogP contribution in [0.15, 0.2) is 0 Å². The molecule has 1 saturated heterocycles. The van der Waals surface area contributed by atoms with E-state index in [0.29, 0.717) is 24.3 Å². The van der Waals surface area contributed by atoms with Crippen LogP contribution in [0.3, 0.4) is 0 Å². The van der Waals surface area contributed by atoms with Crippen molar-refractivity contribution < 1.29 is 8.42 Å². The molecule has 1 aromatic heterocycles. The number of aromatic nitrogens is 2. The van der Waals surface area contributed by atoms with Gasteiger partial charge in [-0.1, -0.05) is 18.5 Å². The molecule has 7 heteroatoms. The maximum Gasteiger partial charge on any atom is 0.151 e. The van der Waals surface area contributed by atoms with Gasteiger partial charge in [-0.2, -0.15) is 10.4 Å².